The van der Waals surface area contributed by atoms with E-state index in [1.165, 1.54) is 24.3 Å². The van der Waals surface area contributed by atoms with Crippen LogP contribution >= 0.6 is 11.3 Å². The molecule has 1 aliphatic heterocycles. The number of hydrogen-bond donors (Lipinski definition) is 2. The summed E-state index contributed by atoms with van der Waals surface area (Å²) in [6.45, 7) is 5.43. The van der Waals surface area contributed by atoms with Gasteiger partial charge < -0.3 is 24.5 Å². The molecule has 0 bridgehead atoms. The van der Waals surface area contributed by atoms with Crippen LogP contribution in [0.1, 0.15) is 38.4 Å². The van der Waals surface area contributed by atoms with Crippen LogP contribution in [-0.4, -0.2) is 47.1 Å². The van der Waals surface area contributed by atoms with E-state index in [-0.39, 0.29) is 28.7 Å². The van der Waals surface area contributed by atoms with Gasteiger partial charge in [0.1, 0.15) is 5.01 Å². The van der Waals surface area contributed by atoms with Gasteiger partial charge in [0.15, 0.2) is 16.8 Å². The summed E-state index contributed by atoms with van der Waals surface area (Å²) in [5.74, 6) is -0.553. The molecule has 3 aromatic rings. The van der Waals surface area contributed by atoms with Crippen LogP contribution in [0.3, 0.4) is 0 Å². The highest BCUT2D eigenvalue weighted by atomic mass is 32.1. The third kappa shape index (κ3) is 4.63. The summed E-state index contributed by atoms with van der Waals surface area (Å²) in [7, 11) is 0. The molecule has 2 aromatic heterocycles. The van der Waals surface area contributed by atoms with Gasteiger partial charge in [-0.05, 0) is 39.3 Å². The minimum atomic E-state index is -4.95. The van der Waals surface area contributed by atoms with E-state index in [4.69, 9.17) is 4.42 Å². The second-order valence-corrected chi connectivity index (χ2v) is 8.30. The van der Waals surface area contributed by atoms with E-state index in [1.54, 1.807) is 11.6 Å². The number of aromatic nitrogens is 2. The maximum absolute atomic E-state index is 13.2. The van der Waals surface area contributed by atoms with Crippen molar-refractivity contribution in [2.45, 2.75) is 45.2 Å². The summed E-state index contributed by atoms with van der Waals surface area (Å²) in [6.07, 6.45) is -2.49. The number of aliphatic hydroxyl groups excluding tert-OH is 1. The van der Waals surface area contributed by atoms with Crippen LogP contribution in [0.5, 0.6) is 5.75 Å². The first kappa shape index (κ1) is 21.8. The van der Waals surface area contributed by atoms with Crippen molar-refractivity contribution in [3.05, 3.63) is 23.2 Å². The Morgan fingerprint density at radius 1 is 1.45 bits per heavy atom. The second kappa shape index (κ2) is 8.64. The van der Waals surface area contributed by atoms with E-state index in [0.29, 0.717) is 23.7 Å². The van der Waals surface area contributed by atoms with Gasteiger partial charge in [-0.25, -0.2) is 4.98 Å². The van der Waals surface area contributed by atoms with E-state index in [9.17, 15) is 18.3 Å². The molecular weight excluding hydrogens is 433 g/mol. The second-order valence-electron chi connectivity index (χ2n) is 7.41. The van der Waals surface area contributed by atoms with Crippen LogP contribution in [0, 0.1) is 0 Å². The number of oxazole rings is 1. The number of rotatable bonds is 7. The lowest BCUT2D eigenvalue weighted by molar-refractivity contribution is -0.274. The van der Waals surface area contributed by atoms with E-state index in [1.807, 2.05) is 11.8 Å². The number of benzene rings is 1. The summed E-state index contributed by atoms with van der Waals surface area (Å²) in [6, 6.07) is 1.89. The summed E-state index contributed by atoms with van der Waals surface area (Å²) in [5.41, 5.74) is 0.486. The number of hydrogen-bond acceptors (Lipinski definition) is 8. The van der Waals surface area contributed by atoms with Crippen molar-refractivity contribution in [1.82, 2.24) is 15.3 Å². The predicted molar refractivity (Wildman–Crippen MR) is 111 cm³/mol. The van der Waals surface area contributed by atoms with Gasteiger partial charge >= 0.3 is 6.36 Å². The minimum Gasteiger partial charge on any atom is -0.422 e. The molecule has 7 nitrogen and oxygen atoms in total. The van der Waals surface area contributed by atoms with Crippen LogP contribution in [0.15, 0.2) is 22.1 Å². The number of thiazole rings is 1. The molecule has 2 N–H and O–H groups in total. The standard InChI is InChI=1S/C20H23F3N4O3S/c1-3-27(10-12-5-4-6-24-12)19-26-15-16(29-19)14(18-25-7-8-31-18)9-13(11(2)28)17(15)30-20(21,22)23/h7-9,11-12,24,28H,3-6,10H2,1-2H3. The molecule has 168 valence electrons. The Kier molecular flexibility index (Phi) is 6.09. The maximum Gasteiger partial charge on any atom is 0.573 e. The molecular formula is C20H23F3N4O3S. The molecule has 1 aromatic carbocycles. The molecule has 4 rings (SSSR count). The first-order valence-electron chi connectivity index (χ1n) is 10.1. The average molecular weight is 456 g/mol. The summed E-state index contributed by atoms with van der Waals surface area (Å²) < 4.78 is 49.9. The monoisotopic (exact) mass is 456 g/mol. The van der Waals surface area contributed by atoms with Gasteiger partial charge in [-0.2, -0.15) is 4.98 Å². The lowest BCUT2D eigenvalue weighted by Gasteiger charge is -2.22. The lowest BCUT2D eigenvalue weighted by Crippen LogP contribution is -2.37. The Hall–Kier alpha value is -2.37. The number of likely N-dealkylation sites (N-methyl/N-ethyl adjacent to an activating group) is 1. The maximum atomic E-state index is 13.2. The fourth-order valence-electron chi connectivity index (χ4n) is 3.77. The fourth-order valence-corrected chi connectivity index (χ4v) is 4.42. The topological polar surface area (TPSA) is 83.7 Å². The number of alkyl halides is 3. The van der Waals surface area contributed by atoms with Crippen molar-refractivity contribution < 1.29 is 27.4 Å². The van der Waals surface area contributed by atoms with Crippen LogP contribution in [0.25, 0.3) is 21.7 Å². The zero-order valence-electron chi connectivity index (χ0n) is 17.1. The van der Waals surface area contributed by atoms with E-state index < -0.39 is 18.2 Å². The van der Waals surface area contributed by atoms with Gasteiger partial charge in [-0.1, -0.05) is 0 Å². The molecule has 3 heterocycles. The Balaban J connectivity index is 1.88. The molecule has 0 amide bonds. The first-order chi connectivity index (χ1) is 14.8. The van der Waals surface area contributed by atoms with Gasteiger partial charge in [0.25, 0.3) is 6.01 Å². The number of nitrogens with one attached hydrogen (secondary N) is 1. The normalized spacial score (nSPS) is 17.9. The molecule has 0 radical (unpaired) electrons. The van der Waals surface area contributed by atoms with Crippen molar-refractivity contribution in [1.29, 1.82) is 0 Å². The molecule has 0 spiro atoms. The summed E-state index contributed by atoms with van der Waals surface area (Å²) in [4.78, 5) is 10.5. The molecule has 1 fully saturated rings. The molecule has 1 saturated heterocycles. The Morgan fingerprint density at radius 3 is 2.84 bits per heavy atom. The highest BCUT2D eigenvalue weighted by Gasteiger charge is 2.36. The SMILES string of the molecule is CCN(CC1CCCN1)c1nc2c(OC(F)(F)F)c(C(C)O)cc(-c3nccs3)c2o1. The smallest absolute Gasteiger partial charge is 0.422 e. The molecule has 31 heavy (non-hydrogen) atoms. The van der Waals surface area contributed by atoms with E-state index >= 15 is 0 Å². The zero-order valence-corrected chi connectivity index (χ0v) is 17.9. The van der Waals surface area contributed by atoms with Crippen molar-refractivity contribution in [3.8, 4) is 16.3 Å². The van der Waals surface area contributed by atoms with Crippen molar-refractivity contribution in [2.75, 3.05) is 24.5 Å². The zero-order chi connectivity index (χ0) is 22.2. The van der Waals surface area contributed by atoms with Gasteiger partial charge in [0, 0.05) is 36.3 Å². The number of ether oxygens (including phenoxy) is 1. The number of halogens is 3. The molecule has 1 aliphatic rings. The van der Waals surface area contributed by atoms with Gasteiger partial charge in [0.05, 0.1) is 11.7 Å². The molecule has 2 unspecified atom stereocenters. The average Bonchev–Trinajstić information content (AvgIpc) is 3.45. The Bertz CT molecular complexity index is 1030. The van der Waals surface area contributed by atoms with Crippen molar-refractivity contribution in [3.63, 3.8) is 0 Å². The highest BCUT2D eigenvalue weighted by molar-refractivity contribution is 7.13. The Morgan fingerprint density at radius 2 is 2.26 bits per heavy atom. The molecule has 0 aliphatic carbocycles. The number of anilines is 1. The summed E-state index contributed by atoms with van der Waals surface area (Å²) >= 11 is 1.31. The van der Waals surface area contributed by atoms with Gasteiger partial charge in [-0.15, -0.1) is 24.5 Å². The third-order valence-electron chi connectivity index (χ3n) is 5.22. The fraction of sp³-hybridized carbons (Fsp3) is 0.500. The molecule has 11 heteroatoms. The van der Waals surface area contributed by atoms with Gasteiger partial charge in [-0.3, -0.25) is 0 Å². The summed E-state index contributed by atoms with van der Waals surface area (Å²) in [5, 5.41) is 15.9. The number of fused-ring (bicyclic) bond motifs is 1. The van der Waals surface area contributed by atoms with E-state index in [0.717, 1.165) is 19.4 Å². The van der Waals surface area contributed by atoms with Crippen molar-refractivity contribution in [2.24, 2.45) is 0 Å². The molecule has 0 saturated carbocycles. The van der Waals surface area contributed by atoms with Crippen LogP contribution in [0.2, 0.25) is 0 Å². The number of aliphatic hydroxyl groups is 1. The number of nitrogens with zero attached hydrogens (tertiary/aromatic N) is 3. The van der Waals surface area contributed by atoms with E-state index in [2.05, 4.69) is 20.0 Å². The van der Waals surface area contributed by atoms with Crippen LogP contribution in [0.4, 0.5) is 19.2 Å². The molecule has 2 atom stereocenters. The first-order valence-corrected chi connectivity index (χ1v) is 10.9. The lowest BCUT2D eigenvalue weighted by atomic mass is 10.0. The van der Waals surface area contributed by atoms with Crippen LogP contribution in [-0.2, 0) is 0 Å². The predicted octanol–water partition coefficient (Wildman–Crippen LogP) is 4.48. The third-order valence-corrected chi connectivity index (χ3v) is 6.03. The quantitative estimate of drug-likeness (QED) is 0.542. The van der Waals surface area contributed by atoms with Crippen molar-refractivity contribution >= 4 is 28.5 Å². The Labute approximate surface area is 180 Å². The minimum absolute atomic E-state index is 0.0321. The van der Waals surface area contributed by atoms with Gasteiger partial charge in [0.2, 0.25) is 0 Å². The van der Waals surface area contributed by atoms with Crippen LogP contribution < -0.4 is 15.0 Å². The highest BCUT2D eigenvalue weighted by Crippen LogP contribution is 2.43. The largest absolute Gasteiger partial charge is 0.573 e.